The molecule has 5 heteroatoms. The molecule has 0 saturated carbocycles. The van der Waals surface area contributed by atoms with Gasteiger partial charge in [0.2, 0.25) is 5.91 Å². The number of carbonyl (C=O) groups is 1. The molecule has 4 nitrogen and oxygen atoms in total. The number of hydrogen-bond donors (Lipinski definition) is 1. The number of anilines is 1. The minimum absolute atomic E-state index is 0.183. The number of ether oxygens (including phenoxy) is 2. The van der Waals surface area contributed by atoms with E-state index in [1.165, 1.54) is 12.1 Å². The lowest BCUT2D eigenvalue weighted by Gasteiger charge is -2.09. The molecule has 0 radical (unpaired) electrons. The summed E-state index contributed by atoms with van der Waals surface area (Å²) in [4.78, 5) is 11.8. The van der Waals surface area contributed by atoms with E-state index in [1.807, 2.05) is 6.92 Å². The topological polar surface area (TPSA) is 47.6 Å². The summed E-state index contributed by atoms with van der Waals surface area (Å²) in [6.45, 7) is 2.05. The van der Waals surface area contributed by atoms with Gasteiger partial charge in [-0.15, -0.1) is 0 Å². The fraction of sp³-hybridized carbons (Fsp3) is 0.235. The highest BCUT2D eigenvalue weighted by Crippen LogP contribution is 2.18. The molecule has 0 fully saturated rings. The maximum atomic E-state index is 13.1. The molecule has 1 amide bonds. The molecule has 2 rings (SSSR count). The predicted molar refractivity (Wildman–Crippen MR) is 82.9 cm³/mol. The van der Waals surface area contributed by atoms with Crippen LogP contribution in [-0.4, -0.2) is 19.6 Å². The van der Waals surface area contributed by atoms with E-state index in [4.69, 9.17) is 9.47 Å². The first-order valence-corrected chi connectivity index (χ1v) is 6.91. The molecule has 0 saturated heterocycles. The number of halogens is 1. The zero-order chi connectivity index (χ0) is 15.9. The maximum Gasteiger partial charge on any atom is 0.227 e. The summed E-state index contributed by atoms with van der Waals surface area (Å²) in [6.07, 6.45) is 0.183. The van der Waals surface area contributed by atoms with Gasteiger partial charge in [-0.3, -0.25) is 4.79 Å². The molecular weight excluding hydrogens is 285 g/mol. The molecule has 0 aliphatic carbocycles. The van der Waals surface area contributed by atoms with Gasteiger partial charge in [-0.25, -0.2) is 4.39 Å². The van der Waals surface area contributed by atoms with E-state index in [1.54, 1.807) is 37.4 Å². The van der Waals surface area contributed by atoms with Crippen LogP contribution in [0.4, 0.5) is 10.1 Å². The number of carbonyl (C=O) groups excluding carboxylic acids is 1. The summed E-state index contributed by atoms with van der Waals surface area (Å²) in [5, 5.41) is 2.68. The molecule has 0 bridgehead atoms. The average molecular weight is 303 g/mol. The monoisotopic (exact) mass is 303 g/mol. The molecule has 1 N–H and O–H groups in total. The molecule has 22 heavy (non-hydrogen) atoms. The Labute approximate surface area is 128 Å². The van der Waals surface area contributed by atoms with Crippen LogP contribution in [-0.2, 0) is 4.79 Å². The first kappa shape index (κ1) is 15.8. The van der Waals surface area contributed by atoms with E-state index in [0.717, 1.165) is 11.3 Å². The van der Waals surface area contributed by atoms with E-state index in [0.29, 0.717) is 11.4 Å². The summed E-state index contributed by atoms with van der Waals surface area (Å²) < 4.78 is 23.7. The molecule has 0 aliphatic heterocycles. The third-order valence-corrected chi connectivity index (χ3v) is 3.13. The second-order valence-corrected chi connectivity index (χ2v) is 4.78. The lowest BCUT2D eigenvalue weighted by Crippen LogP contribution is -2.16. The molecule has 0 heterocycles. The van der Waals surface area contributed by atoms with Gasteiger partial charge >= 0.3 is 0 Å². The average Bonchev–Trinajstić information content (AvgIpc) is 2.51. The van der Waals surface area contributed by atoms with Crippen LogP contribution in [0.25, 0.3) is 0 Å². The third-order valence-electron chi connectivity index (χ3n) is 3.13. The smallest absolute Gasteiger partial charge is 0.227 e. The van der Waals surface area contributed by atoms with Gasteiger partial charge in [-0.1, -0.05) is 6.07 Å². The van der Waals surface area contributed by atoms with Gasteiger partial charge in [0, 0.05) is 5.69 Å². The SMILES string of the molecule is COc1ccc(OCCC(=O)Nc2cc(F)ccc2C)cc1. The molecule has 2 aromatic rings. The molecule has 116 valence electrons. The van der Waals surface area contributed by atoms with Gasteiger partial charge in [0.25, 0.3) is 0 Å². The standard InChI is InChI=1S/C17H18FNO3/c1-12-3-4-13(18)11-16(12)19-17(20)9-10-22-15-7-5-14(21-2)6-8-15/h3-8,11H,9-10H2,1-2H3,(H,19,20). The van der Waals surface area contributed by atoms with Crippen LogP contribution in [0.3, 0.4) is 0 Å². The minimum atomic E-state index is -0.379. The largest absolute Gasteiger partial charge is 0.497 e. The van der Waals surface area contributed by atoms with E-state index >= 15 is 0 Å². The van der Waals surface area contributed by atoms with Gasteiger partial charge in [-0.2, -0.15) is 0 Å². The maximum absolute atomic E-state index is 13.1. The Morgan fingerprint density at radius 3 is 2.50 bits per heavy atom. The summed E-state index contributed by atoms with van der Waals surface area (Å²) in [5.41, 5.74) is 1.29. The molecule has 0 aliphatic rings. The number of nitrogens with one attached hydrogen (secondary N) is 1. The van der Waals surface area contributed by atoms with Crippen LogP contribution >= 0.6 is 0 Å². The molecule has 0 aromatic heterocycles. The highest BCUT2D eigenvalue weighted by molar-refractivity contribution is 5.91. The minimum Gasteiger partial charge on any atom is -0.497 e. The van der Waals surface area contributed by atoms with Crippen LogP contribution in [0.1, 0.15) is 12.0 Å². The number of rotatable bonds is 6. The predicted octanol–water partition coefficient (Wildman–Crippen LogP) is 3.55. The van der Waals surface area contributed by atoms with E-state index in [-0.39, 0.29) is 24.8 Å². The Morgan fingerprint density at radius 2 is 1.82 bits per heavy atom. The van der Waals surface area contributed by atoms with Crippen molar-refractivity contribution >= 4 is 11.6 Å². The van der Waals surface area contributed by atoms with Crippen LogP contribution in [0.2, 0.25) is 0 Å². The van der Waals surface area contributed by atoms with Crippen LogP contribution in [0, 0.1) is 12.7 Å². The van der Waals surface area contributed by atoms with Crippen molar-refractivity contribution in [2.75, 3.05) is 19.0 Å². The Hall–Kier alpha value is -2.56. The van der Waals surface area contributed by atoms with E-state index in [2.05, 4.69) is 5.32 Å². The summed E-state index contributed by atoms with van der Waals surface area (Å²) in [7, 11) is 1.59. The van der Waals surface area contributed by atoms with Gasteiger partial charge in [0.05, 0.1) is 20.1 Å². The number of amides is 1. The van der Waals surface area contributed by atoms with Crippen molar-refractivity contribution in [2.24, 2.45) is 0 Å². The van der Waals surface area contributed by atoms with Crippen molar-refractivity contribution in [2.45, 2.75) is 13.3 Å². The molecule has 0 atom stereocenters. The quantitative estimate of drug-likeness (QED) is 0.887. The van der Waals surface area contributed by atoms with Crippen molar-refractivity contribution in [1.29, 1.82) is 0 Å². The normalized spacial score (nSPS) is 10.1. The van der Waals surface area contributed by atoms with Crippen molar-refractivity contribution in [3.8, 4) is 11.5 Å². The van der Waals surface area contributed by atoms with Gasteiger partial charge in [-0.05, 0) is 48.9 Å². The number of hydrogen-bond acceptors (Lipinski definition) is 3. The van der Waals surface area contributed by atoms with Gasteiger partial charge in [0.1, 0.15) is 17.3 Å². The molecular formula is C17H18FNO3. The number of methoxy groups -OCH3 is 1. The second kappa shape index (κ2) is 7.45. The Morgan fingerprint density at radius 1 is 1.14 bits per heavy atom. The number of benzene rings is 2. The van der Waals surface area contributed by atoms with Gasteiger partial charge in [0.15, 0.2) is 0 Å². The summed E-state index contributed by atoms with van der Waals surface area (Å²) in [6, 6.07) is 11.4. The van der Waals surface area contributed by atoms with Crippen molar-refractivity contribution in [3.05, 3.63) is 53.8 Å². The lowest BCUT2D eigenvalue weighted by atomic mass is 10.2. The summed E-state index contributed by atoms with van der Waals surface area (Å²) in [5.74, 6) is 0.805. The van der Waals surface area contributed by atoms with Crippen LogP contribution in [0.15, 0.2) is 42.5 Å². The number of aryl methyl sites for hydroxylation is 1. The molecule has 0 unspecified atom stereocenters. The zero-order valence-corrected chi connectivity index (χ0v) is 12.6. The van der Waals surface area contributed by atoms with E-state index in [9.17, 15) is 9.18 Å². The Kier molecular flexibility index (Phi) is 5.36. The van der Waals surface area contributed by atoms with E-state index < -0.39 is 0 Å². The Balaban J connectivity index is 1.81. The highest BCUT2D eigenvalue weighted by Gasteiger charge is 2.06. The van der Waals surface area contributed by atoms with Crippen molar-refractivity contribution < 1.29 is 18.7 Å². The first-order chi connectivity index (χ1) is 10.6. The van der Waals surface area contributed by atoms with Crippen LogP contribution in [0.5, 0.6) is 11.5 Å². The third kappa shape index (κ3) is 4.48. The zero-order valence-electron chi connectivity index (χ0n) is 12.6. The van der Waals surface area contributed by atoms with Crippen molar-refractivity contribution in [3.63, 3.8) is 0 Å². The fourth-order valence-electron chi connectivity index (χ4n) is 1.88. The molecule has 0 spiro atoms. The molecule has 2 aromatic carbocycles. The van der Waals surface area contributed by atoms with Gasteiger partial charge < -0.3 is 14.8 Å². The fourth-order valence-corrected chi connectivity index (χ4v) is 1.88. The first-order valence-electron chi connectivity index (χ1n) is 6.91. The van der Waals surface area contributed by atoms with Crippen molar-refractivity contribution in [1.82, 2.24) is 0 Å². The summed E-state index contributed by atoms with van der Waals surface area (Å²) >= 11 is 0. The van der Waals surface area contributed by atoms with Crippen LogP contribution < -0.4 is 14.8 Å². The Bertz CT molecular complexity index is 641. The highest BCUT2D eigenvalue weighted by atomic mass is 19.1. The lowest BCUT2D eigenvalue weighted by molar-refractivity contribution is -0.116. The second-order valence-electron chi connectivity index (χ2n) is 4.78.